The van der Waals surface area contributed by atoms with Crippen LogP contribution in [-0.4, -0.2) is 19.9 Å². The first-order chi connectivity index (χ1) is 7.29. The summed E-state index contributed by atoms with van der Waals surface area (Å²) in [6.07, 6.45) is 0.592. The Morgan fingerprint density at radius 2 is 1.62 bits per heavy atom. The van der Waals surface area contributed by atoms with Crippen molar-refractivity contribution in [2.75, 3.05) is 19.0 Å². The molecule has 0 spiro atoms. The van der Waals surface area contributed by atoms with Gasteiger partial charge in [-0.25, -0.2) is 0 Å². The summed E-state index contributed by atoms with van der Waals surface area (Å²) in [5, 5.41) is 0. The Kier molecular flexibility index (Phi) is 3.74. The molecule has 1 rings (SSSR count). The fraction of sp³-hybridized carbons (Fsp3) is 0.500. The molecule has 0 amide bonds. The van der Waals surface area contributed by atoms with Gasteiger partial charge in [0, 0.05) is 31.8 Å². The molecule has 0 aliphatic carbocycles. The Morgan fingerprint density at radius 3 is 2.00 bits per heavy atom. The number of carbonyl (C=O) groups excluding carboxylic acids is 1. The molecular weight excluding hydrogens is 198 g/mol. The van der Waals surface area contributed by atoms with Crippen molar-refractivity contribution in [2.24, 2.45) is 5.41 Å². The summed E-state index contributed by atoms with van der Waals surface area (Å²) in [5.74, 6) is 0.220. The largest absolute Gasteiger partial charge is 0.378 e. The van der Waals surface area contributed by atoms with Gasteiger partial charge in [-0.2, -0.15) is 0 Å². The third kappa shape index (κ3) is 3.69. The number of nitrogens with zero attached hydrogens (tertiary/aromatic N) is 1. The van der Waals surface area contributed by atoms with Gasteiger partial charge in [0.25, 0.3) is 0 Å². The Bertz CT molecular complexity index is 357. The van der Waals surface area contributed by atoms with Gasteiger partial charge in [0.15, 0.2) is 5.78 Å². The van der Waals surface area contributed by atoms with Crippen molar-refractivity contribution in [3.63, 3.8) is 0 Å². The molecule has 0 heterocycles. The van der Waals surface area contributed by atoms with Gasteiger partial charge < -0.3 is 4.90 Å². The van der Waals surface area contributed by atoms with Gasteiger partial charge in [0.1, 0.15) is 0 Å². The summed E-state index contributed by atoms with van der Waals surface area (Å²) in [7, 11) is 3.98. The number of ketones is 1. The fourth-order valence-electron chi connectivity index (χ4n) is 1.53. The summed E-state index contributed by atoms with van der Waals surface area (Å²) in [5.41, 5.74) is 1.98. The third-order valence-electron chi connectivity index (χ3n) is 2.40. The van der Waals surface area contributed by atoms with E-state index in [0.29, 0.717) is 6.42 Å². The molecule has 0 aromatic heterocycles. The smallest absolute Gasteiger partial charge is 0.163 e. The van der Waals surface area contributed by atoms with E-state index < -0.39 is 0 Å². The molecule has 0 atom stereocenters. The zero-order valence-corrected chi connectivity index (χ0v) is 10.9. The number of rotatable bonds is 3. The van der Waals surface area contributed by atoms with Gasteiger partial charge in [0.05, 0.1) is 0 Å². The predicted octanol–water partition coefficient (Wildman–Crippen LogP) is 3.37. The molecule has 2 heteroatoms. The van der Waals surface area contributed by atoms with E-state index in [0.717, 1.165) is 11.3 Å². The van der Waals surface area contributed by atoms with Crippen LogP contribution in [0.1, 0.15) is 37.6 Å². The summed E-state index contributed by atoms with van der Waals surface area (Å²) >= 11 is 0. The van der Waals surface area contributed by atoms with Crippen LogP contribution in [0.4, 0.5) is 5.69 Å². The molecule has 0 N–H and O–H groups in total. The average molecular weight is 219 g/mol. The lowest BCUT2D eigenvalue weighted by Crippen LogP contribution is -2.13. The van der Waals surface area contributed by atoms with E-state index in [2.05, 4.69) is 20.8 Å². The zero-order chi connectivity index (χ0) is 12.3. The summed E-state index contributed by atoms with van der Waals surface area (Å²) < 4.78 is 0. The molecule has 0 saturated carbocycles. The van der Waals surface area contributed by atoms with Crippen molar-refractivity contribution in [3.05, 3.63) is 29.8 Å². The van der Waals surface area contributed by atoms with Crippen LogP contribution in [0.25, 0.3) is 0 Å². The second kappa shape index (κ2) is 4.69. The lowest BCUT2D eigenvalue weighted by molar-refractivity contribution is 0.0940. The van der Waals surface area contributed by atoms with Crippen molar-refractivity contribution in [2.45, 2.75) is 27.2 Å². The Balaban J connectivity index is 2.78. The second-order valence-corrected chi connectivity index (χ2v) is 5.60. The summed E-state index contributed by atoms with van der Waals surface area (Å²) in [6, 6.07) is 7.78. The van der Waals surface area contributed by atoms with Crippen molar-refractivity contribution in [1.29, 1.82) is 0 Å². The highest BCUT2D eigenvalue weighted by Gasteiger charge is 2.17. The SMILES string of the molecule is CN(C)c1ccc(C(=O)CC(C)(C)C)cc1. The molecule has 0 unspecified atom stereocenters. The van der Waals surface area contributed by atoms with E-state index in [1.54, 1.807) is 0 Å². The predicted molar refractivity (Wildman–Crippen MR) is 69.2 cm³/mol. The van der Waals surface area contributed by atoms with Crippen LogP contribution in [0.15, 0.2) is 24.3 Å². The fourth-order valence-corrected chi connectivity index (χ4v) is 1.53. The molecule has 0 bridgehead atoms. The Hall–Kier alpha value is -1.31. The highest BCUT2D eigenvalue weighted by atomic mass is 16.1. The van der Waals surface area contributed by atoms with Crippen LogP contribution in [0.2, 0.25) is 0 Å². The Labute approximate surface area is 98.3 Å². The van der Waals surface area contributed by atoms with Gasteiger partial charge >= 0.3 is 0 Å². The van der Waals surface area contributed by atoms with Crippen LogP contribution in [0, 0.1) is 5.41 Å². The van der Waals surface area contributed by atoms with Crippen LogP contribution >= 0.6 is 0 Å². The maximum Gasteiger partial charge on any atom is 0.163 e. The van der Waals surface area contributed by atoms with Gasteiger partial charge in [0.2, 0.25) is 0 Å². The van der Waals surface area contributed by atoms with Gasteiger partial charge in [-0.15, -0.1) is 0 Å². The highest BCUT2D eigenvalue weighted by molar-refractivity contribution is 5.96. The number of hydrogen-bond acceptors (Lipinski definition) is 2. The Morgan fingerprint density at radius 1 is 1.12 bits per heavy atom. The molecule has 2 nitrogen and oxygen atoms in total. The minimum absolute atomic E-state index is 0.0529. The minimum atomic E-state index is 0.0529. The number of carbonyl (C=O) groups is 1. The molecule has 0 fully saturated rings. The molecule has 1 aromatic rings. The van der Waals surface area contributed by atoms with Crippen molar-refractivity contribution >= 4 is 11.5 Å². The first-order valence-electron chi connectivity index (χ1n) is 5.60. The highest BCUT2D eigenvalue weighted by Crippen LogP contribution is 2.22. The van der Waals surface area contributed by atoms with Crippen LogP contribution < -0.4 is 4.90 Å². The van der Waals surface area contributed by atoms with E-state index >= 15 is 0 Å². The zero-order valence-electron chi connectivity index (χ0n) is 10.9. The molecule has 0 aliphatic heterocycles. The molecule has 0 radical (unpaired) electrons. The monoisotopic (exact) mass is 219 g/mol. The molecular formula is C14H21NO. The van der Waals surface area contributed by atoms with E-state index in [1.165, 1.54) is 0 Å². The first kappa shape index (κ1) is 12.8. The second-order valence-electron chi connectivity index (χ2n) is 5.60. The summed E-state index contributed by atoms with van der Waals surface area (Å²) in [4.78, 5) is 14.0. The van der Waals surface area contributed by atoms with Crippen molar-refractivity contribution in [1.82, 2.24) is 0 Å². The number of hydrogen-bond donors (Lipinski definition) is 0. The van der Waals surface area contributed by atoms with Gasteiger partial charge in [-0.3, -0.25) is 4.79 Å². The number of benzene rings is 1. The molecule has 1 aromatic carbocycles. The van der Waals surface area contributed by atoms with Gasteiger partial charge in [-0.1, -0.05) is 20.8 Å². The summed E-state index contributed by atoms with van der Waals surface area (Å²) in [6.45, 7) is 6.25. The van der Waals surface area contributed by atoms with Crippen LogP contribution in [0.5, 0.6) is 0 Å². The van der Waals surface area contributed by atoms with E-state index in [1.807, 2.05) is 43.3 Å². The van der Waals surface area contributed by atoms with Crippen LogP contribution in [-0.2, 0) is 0 Å². The normalized spacial score (nSPS) is 11.3. The van der Waals surface area contributed by atoms with Gasteiger partial charge in [-0.05, 0) is 29.7 Å². The molecule has 16 heavy (non-hydrogen) atoms. The maximum absolute atomic E-state index is 11.9. The maximum atomic E-state index is 11.9. The average Bonchev–Trinajstić information content (AvgIpc) is 2.15. The number of anilines is 1. The minimum Gasteiger partial charge on any atom is -0.378 e. The quantitative estimate of drug-likeness (QED) is 0.726. The first-order valence-corrected chi connectivity index (χ1v) is 5.60. The standard InChI is InChI=1S/C14H21NO/c1-14(2,3)10-13(16)11-6-8-12(9-7-11)15(4)5/h6-9H,10H2,1-5H3. The van der Waals surface area contributed by atoms with Crippen molar-refractivity contribution in [3.8, 4) is 0 Å². The lowest BCUT2D eigenvalue weighted by Gasteiger charge is -2.17. The van der Waals surface area contributed by atoms with Crippen LogP contribution in [0.3, 0.4) is 0 Å². The van der Waals surface area contributed by atoms with E-state index in [-0.39, 0.29) is 11.2 Å². The molecule has 0 saturated heterocycles. The van der Waals surface area contributed by atoms with Crippen molar-refractivity contribution < 1.29 is 4.79 Å². The lowest BCUT2D eigenvalue weighted by atomic mass is 9.88. The molecule has 0 aliphatic rings. The molecule has 88 valence electrons. The van der Waals surface area contributed by atoms with E-state index in [9.17, 15) is 4.79 Å². The topological polar surface area (TPSA) is 20.3 Å². The van der Waals surface area contributed by atoms with E-state index in [4.69, 9.17) is 0 Å². The number of Topliss-reactive ketones (excluding diaryl/α,β-unsaturated/α-hetero) is 1. The third-order valence-corrected chi connectivity index (χ3v) is 2.40.